The van der Waals surface area contributed by atoms with E-state index < -0.39 is 18.1 Å². The minimum atomic E-state index is -1.08. The van der Waals surface area contributed by atoms with E-state index in [1.165, 1.54) is 0 Å². The minimum Gasteiger partial charge on any atom is -0.480 e. The maximum absolute atomic E-state index is 12.5. The molecular formula is C25H28N2O5. The van der Waals surface area contributed by atoms with Crippen LogP contribution in [0.2, 0.25) is 0 Å². The highest BCUT2D eigenvalue weighted by molar-refractivity contribution is 5.81. The third-order valence-electron chi connectivity index (χ3n) is 6.56. The number of piperidine rings is 1. The standard InChI is InChI=1S/C25H28N2O5/c1-16(28)27-12-10-17(11-13-27)14-23(24(29)30)26-25(31)32-15-22-20-8-4-2-6-18(20)19-7-3-5-9-21(19)22/h2-9,17,22-23H,10-15H2,1H3,(H,26,31)(H,29,30). The fraction of sp³-hybridized carbons (Fsp3) is 0.400. The molecule has 1 aliphatic carbocycles. The van der Waals surface area contributed by atoms with Crippen molar-refractivity contribution in [3.05, 3.63) is 59.7 Å². The number of alkyl carbamates (subject to hydrolysis) is 1. The summed E-state index contributed by atoms with van der Waals surface area (Å²) in [5.41, 5.74) is 4.48. The Morgan fingerprint density at radius 1 is 1.03 bits per heavy atom. The number of carboxylic acids is 1. The van der Waals surface area contributed by atoms with Gasteiger partial charge < -0.3 is 20.1 Å². The van der Waals surface area contributed by atoms with Gasteiger partial charge in [0.15, 0.2) is 0 Å². The molecule has 0 spiro atoms. The van der Waals surface area contributed by atoms with Crippen molar-refractivity contribution < 1.29 is 24.2 Å². The number of amides is 2. The van der Waals surface area contributed by atoms with Crippen LogP contribution in [0.25, 0.3) is 11.1 Å². The smallest absolute Gasteiger partial charge is 0.407 e. The van der Waals surface area contributed by atoms with Crippen molar-refractivity contribution in [3.8, 4) is 11.1 Å². The number of carbonyl (C=O) groups is 3. The molecule has 2 aromatic rings. The van der Waals surface area contributed by atoms with E-state index in [1.54, 1.807) is 11.8 Å². The molecule has 1 unspecified atom stereocenters. The van der Waals surface area contributed by atoms with Gasteiger partial charge in [-0.15, -0.1) is 0 Å². The summed E-state index contributed by atoms with van der Waals surface area (Å²) in [5.74, 6) is -0.976. The minimum absolute atomic E-state index is 0.0370. The molecule has 1 fully saturated rings. The van der Waals surface area contributed by atoms with Crippen LogP contribution in [0.1, 0.15) is 43.2 Å². The molecule has 7 nitrogen and oxygen atoms in total. The first-order valence-electron chi connectivity index (χ1n) is 11.0. The molecule has 2 aliphatic rings. The fourth-order valence-corrected chi connectivity index (χ4v) is 4.82. The lowest BCUT2D eigenvalue weighted by molar-refractivity contribution is -0.140. The molecule has 1 saturated heterocycles. The van der Waals surface area contributed by atoms with Crippen molar-refractivity contribution >= 4 is 18.0 Å². The summed E-state index contributed by atoms with van der Waals surface area (Å²) in [4.78, 5) is 37.4. The molecular weight excluding hydrogens is 408 g/mol. The van der Waals surface area contributed by atoms with Crippen LogP contribution < -0.4 is 5.32 Å². The van der Waals surface area contributed by atoms with Crippen LogP contribution in [0.5, 0.6) is 0 Å². The summed E-state index contributed by atoms with van der Waals surface area (Å²) in [6, 6.07) is 15.1. The summed E-state index contributed by atoms with van der Waals surface area (Å²) in [6.45, 7) is 2.93. The van der Waals surface area contributed by atoms with E-state index >= 15 is 0 Å². The summed E-state index contributed by atoms with van der Waals surface area (Å²) in [6.07, 6.45) is 1.07. The monoisotopic (exact) mass is 436 g/mol. The second kappa shape index (κ2) is 9.42. The van der Waals surface area contributed by atoms with Gasteiger partial charge >= 0.3 is 12.1 Å². The van der Waals surface area contributed by atoms with E-state index in [9.17, 15) is 19.5 Å². The van der Waals surface area contributed by atoms with Crippen molar-refractivity contribution in [1.82, 2.24) is 10.2 Å². The quantitative estimate of drug-likeness (QED) is 0.721. The number of benzene rings is 2. The third-order valence-corrected chi connectivity index (χ3v) is 6.56. The zero-order chi connectivity index (χ0) is 22.7. The molecule has 1 atom stereocenters. The van der Waals surface area contributed by atoms with Crippen LogP contribution in [0.3, 0.4) is 0 Å². The van der Waals surface area contributed by atoms with Crippen molar-refractivity contribution in [2.75, 3.05) is 19.7 Å². The van der Waals surface area contributed by atoms with Gasteiger partial charge in [-0.05, 0) is 47.4 Å². The molecule has 2 aromatic carbocycles. The van der Waals surface area contributed by atoms with Crippen LogP contribution in [-0.2, 0) is 14.3 Å². The first-order valence-corrected chi connectivity index (χ1v) is 11.0. The van der Waals surface area contributed by atoms with Crippen LogP contribution in [0, 0.1) is 5.92 Å². The lowest BCUT2D eigenvalue weighted by Crippen LogP contribution is -2.44. The second-order valence-corrected chi connectivity index (χ2v) is 8.55. The maximum atomic E-state index is 12.5. The number of carboxylic acid groups (broad SMARTS) is 1. The Kier molecular flexibility index (Phi) is 6.44. The lowest BCUT2D eigenvalue weighted by Gasteiger charge is -2.32. The number of nitrogens with zero attached hydrogens (tertiary/aromatic N) is 1. The maximum Gasteiger partial charge on any atom is 0.407 e. The molecule has 2 N–H and O–H groups in total. The lowest BCUT2D eigenvalue weighted by atomic mass is 9.90. The van der Waals surface area contributed by atoms with Crippen LogP contribution in [0.4, 0.5) is 4.79 Å². The van der Waals surface area contributed by atoms with Crippen molar-refractivity contribution in [2.45, 2.75) is 38.1 Å². The molecule has 32 heavy (non-hydrogen) atoms. The summed E-state index contributed by atoms with van der Waals surface area (Å²) >= 11 is 0. The first-order chi connectivity index (χ1) is 15.4. The first kappa shape index (κ1) is 21.9. The van der Waals surface area contributed by atoms with Gasteiger partial charge in [-0.2, -0.15) is 0 Å². The number of nitrogens with one attached hydrogen (secondary N) is 1. The zero-order valence-electron chi connectivity index (χ0n) is 18.1. The van der Waals surface area contributed by atoms with Gasteiger partial charge in [-0.25, -0.2) is 9.59 Å². The van der Waals surface area contributed by atoms with Crippen molar-refractivity contribution in [1.29, 1.82) is 0 Å². The van der Waals surface area contributed by atoms with Gasteiger partial charge in [0.1, 0.15) is 12.6 Å². The van der Waals surface area contributed by atoms with Gasteiger partial charge in [0.05, 0.1) is 0 Å². The topological polar surface area (TPSA) is 95.9 Å². The highest BCUT2D eigenvalue weighted by Gasteiger charge is 2.31. The molecule has 7 heteroatoms. The third kappa shape index (κ3) is 4.61. The highest BCUT2D eigenvalue weighted by Crippen LogP contribution is 2.44. The van der Waals surface area contributed by atoms with Crippen molar-refractivity contribution in [3.63, 3.8) is 0 Å². The fourth-order valence-electron chi connectivity index (χ4n) is 4.82. The van der Waals surface area contributed by atoms with Gasteiger partial charge in [-0.3, -0.25) is 4.79 Å². The predicted molar refractivity (Wildman–Crippen MR) is 119 cm³/mol. The molecule has 0 radical (unpaired) electrons. The zero-order valence-corrected chi connectivity index (χ0v) is 18.1. The number of rotatable bonds is 6. The second-order valence-electron chi connectivity index (χ2n) is 8.55. The molecule has 0 saturated carbocycles. The number of carbonyl (C=O) groups excluding carboxylic acids is 2. The Labute approximate surface area is 187 Å². The Morgan fingerprint density at radius 2 is 1.59 bits per heavy atom. The van der Waals surface area contributed by atoms with Gasteiger partial charge in [0, 0.05) is 25.9 Å². The number of aliphatic carboxylic acids is 1. The average Bonchev–Trinajstić information content (AvgIpc) is 3.11. The SMILES string of the molecule is CC(=O)N1CCC(CC(NC(=O)OCC2c3ccccc3-c3ccccc32)C(=O)O)CC1. The molecule has 168 valence electrons. The van der Waals surface area contributed by atoms with Gasteiger partial charge in [-0.1, -0.05) is 48.5 Å². The number of hydrogen-bond donors (Lipinski definition) is 2. The van der Waals surface area contributed by atoms with E-state index in [1.807, 2.05) is 36.4 Å². The molecule has 1 aliphatic heterocycles. The van der Waals surface area contributed by atoms with Crippen LogP contribution >= 0.6 is 0 Å². The molecule has 0 aromatic heterocycles. The molecule has 1 heterocycles. The molecule has 0 bridgehead atoms. The number of fused-ring (bicyclic) bond motifs is 3. The number of ether oxygens (including phenoxy) is 1. The summed E-state index contributed by atoms with van der Waals surface area (Å²) < 4.78 is 5.49. The van der Waals surface area contributed by atoms with E-state index in [2.05, 4.69) is 17.4 Å². The predicted octanol–water partition coefficient (Wildman–Crippen LogP) is 3.63. The van der Waals surface area contributed by atoms with Gasteiger partial charge in [0.2, 0.25) is 5.91 Å². The summed E-state index contributed by atoms with van der Waals surface area (Å²) in [5, 5.41) is 12.1. The normalized spacial score (nSPS) is 16.7. The van der Waals surface area contributed by atoms with Crippen LogP contribution in [0.15, 0.2) is 48.5 Å². The van der Waals surface area contributed by atoms with E-state index in [0.29, 0.717) is 19.5 Å². The van der Waals surface area contributed by atoms with Crippen LogP contribution in [-0.4, -0.2) is 53.7 Å². The van der Waals surface area contributed by atoms with E-state index in [4.69, 9.17) is 4.74 Å². The highest BCUT2D eigenvalue weighted by atomic mass is 16.5. The Hall–Kier alpha value is -3.35. The van der Waals surface area contributed by atoms with E-state index in [0.717, 1.165) is 35.1 Å². The average molecular weight is 437 g/mol. The molecule has 2 amide bonds. The number of hydrogen-bond acceptors (Lipinski definition) is 4. The summed E-state index contributed by atoms with van der Waals surface area (Å²) in [7, 11) is 0. The number of likely N-dealkylation sites (tertiary alicyclic amines) is 1. The Morgan fingerprint density at radius 3 is 2.12 bits per heavy atom. The van der Waals surface area contributed by atoms with E-state index in [-0.39, 0.29) is 24.3 Å². The van der Waals surface area contributed by atoms with Crippen molar-refractivity contribution in [2.24, 2.45) is 5.92 Å². The Bertz CT molecular complexity index is 967. The Balaban J connectivity index is 1.35. The molecule has 4 rings (SSSR count). The van der Waals surface area contributed by atoms with Gasteiger partial charge in [0.25, 0.3) is 0 Å². The largest absolute Gasteiger partial charge is 0.480 e.